The molecule has 2 aromatic heterocycles. The van der Waals surface area contributed by atoms with E-state index in [9.17, 15) is 14.4 Å². The number of rotatable bonds is 3. The zero-order chi connectivity index (χ0) is 20.4. The maximum absolute atomic E-state index is 13.3. The molecule has 30 heavy (non-hydrogen) atoms. The lowest BCUT2D eigenvalue weighted by Crippen LogP contribution is -2.18. The van der Waals surface area contributed by atoms with Gasteiger partial charge in [0, 0.05) is 18.0 Å². The van der Waals surface area contributed by atoms with Gasteiger partial charge in [-0.15, -0.1) is 0 Å². The zero-order valence-electron chi connectivity index (χ0n) is 15.5. The number of fused-ring (bicyclic) bond motifs is 8. The number of amides is 1. The van der Waals surface area contributed by atoms with Crippen LogP contribution in [0.1, 0.15) is 42.3 Å². The molecule has 1 amide bonds. The SMILES string of the molecule is O=C1C=C(OCc2ccccc2)C(=O)c2c1[nH]c1c2c2c(c3nc[nH]c31)C(=O)NC2. The summed E-state index contributed by atoms with van der Waals surface area (Å²) in [5.41, 5.74) is 4.11. The molecule has 0 saturated heterocycles. The largest absolute Gasteiger partial charge is 0.485 e. The molecule has 3 N–H and O–H groups in total. The number of allylic oxidation sites excluding steroid dienone is 2. The molecule has 3 heterocycles. The molecule has 1 aliphatic heterocycles. The molecule has 0 unspecified atom stereocenters. The van der Waals surface area contributed by atoms with Gasteiger partial charge in [-0.25, -0.2) is 4.98 Å². The van der Waals surface area contributed by atoms with Crippen LogP contribution in [0.5, 0.6) is 0 Å². The van der Waals surface area contributed by atoms with Crippen molar-refractivity contribution in [1.82, 2.24) is 20.3 Å². The predicted molar refractivity (Wildman–Crippen MR) is 107 cm³/mol. The number of ether oxygens (including phenoxy) is 1. The number of ketones is 2. The Hall–Kier alpha value is -4.20. The number of Topliss-reactive ketones (excluding diaryl/α,β-unsaturated/α-hetero) is 1. The Kier molecular flexibility index (Phi) is 3.29. The molecule has 2 aromatic carbocycles. The Morgan fingerprint density at radius 3 is 2.70 bits per heavy atom. The number of nitrogens with one attached hydrogen (secondary N) is 3. The first-order valence-electron chi connectivity index (χ1n) is 9.42. The van der Waals surface area contributed by atoms with Gasteiger partial charge in [0.15, 0.2) is 5.76 Å². The second kappa shape index (κ2) is 5.90. The average Bonchev–Trinajstić information content (AvgIpc) is 3.46. The molecule has 0 spiro atoms. The first kappa shape index (κ1) is 16.7. The molecular weight excluding hydrogens is 384 g/mol. The van der Waals surface area contributed by atoms with Crippen molar-refractivity contribution in [2.45, 2.75) is 13.2 Å². The number of carbonyl (C=O) groups is 3. The lowest BCUT2D eigenvalue weighted by molar-refractivity contribution is 0.0870. The van der Waals surface area contributed by atoms with Gasteiger partial charge in [0.2, 0.25) is 11.6 Å². The second-order valence-corrected chi connectivity index (χ2v) is 7.26. The highest BCUT2D eigenvalue weighted by molar-refractivity contribution is 6.31. The van der Waals surface area contributed by atoms with Crippen molar-refractivity contribution in [3.63, 3.8) is 0 Å². The van der Waals surface area contributed by atoms with Crippen LogP contribution < -0.4 is 5.32 Å². The Morgan fingerprint density at radius 2 is 1.87 bits per heavy atom. The van der Waals surface area contributed by atoms with E-state index in [4.69, 9.17) is 4.74 Å². The van der Waals surface area contributed by atoms with E-state index in [0.29, 0.717) is 33.1 Å². The zero-order valence-corrected chi connectivity index (χ0v) is 15.5. The van der Waals surface area contributed by atoms with Crippen LogP contribution in [0.25, 0.3) is 21.9 Å². The van der Waals surface area contributed by atoms with Crippen LogP contribution in [-0.2, 0) is 17.9 Å². The molecule has 0 fully saturated rings. The van der Waals surface area contributed by atoms with Crippen LogP contribution in [0.4, 0.5) is 0 Å². The minimum atomic E-state index is -0.382. The molecule has 0 atom stereocenters. The summed E-state index contributed by atoms with van der Waals surface area (Å²) in [6.45, 7) is 0.440. The van der Waals surface area contributed by atoms with Gasteiger partial charge in [-0.3, -0.25) is 14.4 Å². The first-order chi connectivity index (χ1) is 14.6. The monoisotopic (exact) mass is 398 g/mol. The summed E-state index contributed by atoms with van der Waals surface area (Å²) in [6.07, 6.45) is 2.71. The van der Waals surface area contributed by atoms with E-state index in [1.165, 1.54) is 12.4 Å². The first-order valence-corrected chi connectivity index (χ1v) is 9.42. The number of imidazole rings is 1. The quantitative estimate of drug-likeness (QED) is 0.491. The number of carbonyl (C=O) groups excluding carboxylic acids is 3. The highest BCUT2D eigenvalue weighted by Gasteiger charge is 2.36. The average molecular weight is 398 g/mol. The van der Waals surface area contributed by atoms with Crippen LogP contribution in [0, 0.1) is 0 Å². The summed E-state index contributed by atoms with van der Waals surface area (Å²) in [7, 11) is 0. The van der Waals surface area contributed by atoms with E-state index in [1.807, 2.05) is 30.3 Å². The fraction of sp³-hybridized carbons (Fsp3) is 0.0909. The van der Waals surface area contributed by atoms with Crippen molar-refractivity contribution in [2.24, 2.45) is 0 Å². The summed E-state index contributed by atoms with van der Waals surface area (Å²) >= 11 is 0. The maximum Gasteiger partial charge on any atom is 0.254 e. The van der Waals surface area contributed by atoms with E-state index in [2.05, 4.69) is 20.3 Å². The lowest BCUT2D eigenvalue weighted by atomic mass is 9.93. The van der Waals surface area contributed by atoms with Crippen LogP contribution >= 0.6 is 0 Å². The van der Waals surface area contributed by atoms with Crippen molar-refractivity contribution in [3.8, 4) is 0 Å². The normalized spacial score (nSPS) is 15.3. The molecule has 0 radical (unpaired) electrons. The Morgan fingerprint density at radius 1 is 1.03 bits per heavy atom. The molecule has 6 rings (SSSR count). The van der Waals surface area contributed by atoms with Gasteiger partial charge in [-0.05, 0) is 11.1 Å². The third kappa shape index (κ3) is 2.15. The maximum atomic E-state index is 13.3. The van der Waals surface area contributed by atoms with Gasteiger partial charge in [0.1, 0.15) is 12.1 Å². The van der Waals surface area contributed by atoms with Gasteiger partial charge in [-0.2, -0.15) is 0 Å². The van der Waals surface area contributed by atoms with E-state index < -0.39 is 0 Å². The number of H-pyrrole nitrogens is 2. The third-order valence-corrected chi connectivity index (χ3v) is 5.58. The van der Waals surface area contributed by atoms with Crippen LogP contribution in [0.2, 0.25) is 0 Å². The Balaban J connectivity index is 1.52. The van der Waals surface area contributed by atoms with Gasteiger partial charge in [-0.1, -0.05) is 30.3 Å². The Bertz CT molecular complexity index is 1440. The van der Waals surface area contributed by atoms with E-state index in [1.54, 1.807) is 0 Å². The van der Waals surface area contributed by atoms with Crippen molar-refractivity contribution >= 4 is 39.4 Å². The number of hydrogen-bond donors (Lipinski definition) is 3. The van der Waals surface area contributed by atoms with Crippen molar-refractivity contribution in [3.05, 3.63) is 76.4 Å². The summed E-state index contributed by atoms with van der Waals surface area (Å²) in [4.78, 5) is 48.9. The number of aromatic amines is 2. The number of benzene rings is 2. The topological polar surface area (TPSA) is 117 Å². The van der Waals surface area contributed by atoms with E-state index >= 15 is 0 Å². The lowest BCUT2D eigenvalue weighted by Gasteiger charge is -2.14. The highest BCUT2D eigenvalue weighted by atomic mass is 16.5. The van der Waals surface area contributed by atoms with Gasteiger partial charge in [0.25, 0.3) is 5.91 Å². The van der Waals surface area contributed by atoms with Gasteiger partial charge in [0.05, 0.1) is 34.2 Å². The highest BCUT2D eigenvalue weighted by Crippen LogP contribution is 2.39. The minimum Gasteiger partial charge on any atom is -0.485 e. The molecule has 8 nitrogen and oxygen atoms in total. The van der Waals surface area contributed by atoms with Crippen molar-refractivity contribution in [1.29, 1.82) is 0 Å². The van der Waals surface area contributed by atoms with E-state index in [0.717, 1.165) is 5.56 Å². The molecule has 2 aliphatic rings. The summed E-state index contributed by atoms with van der Waals surface area (Å²) < 4.78 is 5.71. The number of nitrogens with zero attached hydrogens (tertiary/aromatic N) is 1. The van der Waals surface area contributed by atoms with Gasteiger partial charge >= 0.3 is 0 Å². The number of hydrogen-bond acceptors (Lipinski definition) is 5. The summed E-state index contributed by atoms with van der Waals surface area (Å²) in [6, 6.07) is 9.41. The fourth-order valence-electron chi connectivity index (χ4n) is 4.24. The summed E-state index contributed by atoms with van der Waals surface area (Å²) in [5.74, 6) is -0.979. The molecule has 0 bridgehead atoms. The number of aromatic nitrogens is 3. The summed E-state index contributed by atoms with van der Waals surface area (Å²) in [5, 5.41) is 3.35. The molecule has 1 aliphatic carbocycles. The molecule has 8 heteroatoms. The van der Waals surface area contributed by atoms with E-state index in [-0.39, 0.29) is 47.6 Å². The molecule has 4 aromatic rings. The van der Waals surface area contributed by atoms with Crippen LogP contribution in [0.3, 0.4) is 0 Å². The minimum absolute atomic E-state index is 0.00649. The smallest absolute Gasteiger partial charge is 0.254 e. The Labute approximate surface area is 168 Å². The van der Waals surface area contributed by atoms with Gasteiger partial charge < -0.3 is 20.0 Å². The van der Waals surface area contributed by atoms with Crippen LogP contribution in [-0.4, -0.2) is 32.4 Å². The molecule has 0 saturated carbocycles. The fourth-order valence-corrected chi connectivity index (χ4v) is 4.24. The molecule has 146 valence electrons. The third-order valence-electron chi connectivity index (χ3n) is 5.58. The van der Waals surface area contributed by atoms with Crippen molar-refractivity contribution < 1.29 is 19.1 Å². The molecular formula is C22H14N4O4. The van der Waals surface area contributed by atoms with Crippen molar-refractivity contribution in [2.75, 3.05) is 0 Å². The predicted octanol–water partition coefficient (Wildman–Crippen LogP) is 2.77. The van der Waals surface area contributed by atoms with Crippen LogP contribution in [0.15, 0.2) is 48.5 Å². The second-order valence-electron chi connectivity index (χ2n) is 7.26. The standard InChI is InChI=1S/C22H14N4O4/c27-12-6-13(30-8-10-4-2-1-3-5-10)21(28)16-14-11-7-23-22(29)15(11)18-20(25-9-24-18)19(14)26-17(12)16/h1-6,9,26H,7-8H2,(H,23,29)(H,24,25).